The summed E-state index contributed by atoms with van der Waals surface area (Å²) in [5.41, 5.74) is 7.49. The van der Waals surface area contributed by atoms with Gasteiger partial charge in [-0.2, -0.15) is 5.10 Å². The van der Waals surface area contributed by atoms with Gasteiger partial charge in [0.25, 0.3) is 0 Å². The van der Waals surface area contributed by atoms with Gasteiger partial charge in [0.05, 0.1) is 31.3 Å². The zero-order valence-electron chi connectivity index (χ0n) is 34.6. The number of rotatable bonds is 10. The molecule has 2 heterocycles. The molecule has 4 aliphatic carbocycles. The fraction of sp³-hybridized carbons (Fsp3) is 0.791. The highest BCUT2D eigenvalue weighted by Crippen LogP contribution is 2.71. The van der Waals surface area contributed by atoms with E-state index in [4.69, 9.17) is 25.3 Å². The number of methoxy groups -OCH3 is 1. The standard InChI is InChI=1S/C43H68N6O4/c1-26(2)27(3)39(7)18-19-40(8)28-15-16-33-41(9,29(28)13-14-30(40)34(39)37(50)51)21-32(49-36(47-25-48-49)31-17-20-45-24-46-31)35(42(33,10)22-52-12)53-23-43(11,44)38(4,5)6/h13,17,20,24-28,30,32-35H,14-16,18-19,21-23,44H2,1-12H3,(H,50,51)/t27-,28+,30?,32-,33-,34-,35+,39-,40-,41-,42?,43+/m1/s1. The second-order valence-corrected chi connectivity index (χ2v) is 20.2. The lowest BCUT2D eigenvalue weighted by Crippen LogP contribution is -2.64. The smallest absolute Gasteiger partial charge is 0.307 e. The van der Waals surface area contributed by atoms with E-state index in [1.807, 2.05) is 10.7 Å². The number of nitrogens with two attached hydrogens (primary N) is 1. The van der Waals surface area contributed by atoms with E-state index in [9.17, 15) is 9.90 Å². The van der Waals surface area contributed by atoms with Crippen LogP contribution >= 0.6 is 0 Å². The number of hydrogen-bond acceptors (Lipinski definition) is 8. The summed E-state index contributed by atoms with van der Waals surface area (Å²) in [6.07, 6.45) is 12.8. The monoisotopic (exact) mass is 733 g/mol. The van der Waals surface area contributed by atoms with Crippen molar-refractivity contribution >= 4 is 5.97 Å². The summed E-state index contributed by atoms with van der Waals surface area (Å²) in [5.74, 6) is 1.08. The van der Waals surface area contributed by atoms with Gasteiger partial charge >= 0.3 is 5.97 Å². The van der Waals surface area contributed by atoms with E-state index in [1.165, 1.54) is 5.57 Å². The molecule has 10 heteroatoms. The van der Waals surface area contributed by atoms with Crippen LogP contribution in [0.2, 0.25) is 0 Å². The molecule has 0 spiro atoms. The molecule has 2 aromatic rings. The maximum atomic E-state index is 13.4. The maximum absolute atomic E-state index is 13.4. The minimum Gasteiger partial charge on any atom is -0.481 e. The average molecular weight is 733 g/mol. The Morgan fingerprint density at radius 3 is 2.40 bits per heavy atom. The van der Waals surface area contributed by atoms with Crippen LogP contribution in [0, 0.1) is 62.6 Å². The highest BCUT2D eigenvalue weighted by atomic mass is 16.5. The Morgan fingerprint density at radius 2 is 1.79 bits per heavy atom. The summed E-state index contributed by atoms with van der Waals surface area (Å²) < 4.78 is 15.4. The fourth-order valence-electron chi connectivity index (χ4n) is 12.1. The number of hydrogen-bond donors (Lipinski definition) is 2. The number of nitrogens with zero attached hydrogens (tertiary/aromatic N) is 5. The number of fused-ring (bicyclic) bond motifs is 5. The summed E-state index contributed by atoms with van der Waals surface area (Å²) in [6, 6.07) is 1.68. The van der Waals surface area contributed by atoms with E-state index >= 15 is 0 Å². The number of carboxylic acids is 1. The first-order chi connectivity index (χ1) is 24.7. The van der Waals surface area contributed by atoms with E-state index < -0.39 is 16.9 Å². The Labute approximate surface area is 318 Å². The normalized spacial score (nSPS) is 38.9. The van der Waals surface area contributed by atoms with Gasteiger partial charge < -0.3 is 20.3 Å². The Morgan fingerprint density at radius 1 is 1.08 bits per heavy atom. The van der Waals surface area contributed by atoms with Crippen molar-refractivity contribution in [3.63, 3.8) is 0 Å². The molecule has 3 N–H and O–H groups in total. The van der Waals surface area contributed by atoms with Gasteiger partial charge in [0.1, 0.15) is 18.3 Å². The zero-order valence-corrected chi connectivity index (χ0v) is 34.6. The molecule has 0 radical (unpaired) electrons. The number of carbonyl (C=O) groups is 1. The Kier molecular flexibility index (Phi) is 10.4. The van der Waals surface area contributed by atoms with Crippen LogP contribution in [-0.2, 0) is 14.3 Å². The molecule has 3 saturated carbocycles. The van der Waals surface area contributed by atoms with Crippen LogP contribution in [0.1, 0.15) is 121 Å². The van der Waals surface area contributed by atoms with Gasteiger partial charge in [-0.1, -0.05) is 80.9 Å². The molecule has 0 aromatic carbocycles. The Bertz CT molecular complexity index is 1670. The molecule has 0 amide bonds. The van der Waals surface area contributed by atoms with Gasteiger partial charge in [-0.05, 0) is 103 Å². The van der Waals surface area contributed by atoms with Crippen molar-refractivity contribution < 1.29 is 19.4 Å². The van der Waals surface area contributed by atoms with Crippen molar-refractivity contribution in [1.29, 1.82) is 0 Å². The van der Waals surface area contributed by atoms with Crippen LogP contribution in [0.15, 0.2) is 36.6 Å². The third-order valence-corrected chi connectivity index (χ3v) is 16.3. The zero-order chi connectivity index (χ0) is 38.9. The summed E-state index contributed by atoms with van der Waals surface area (Å²) in [6.45, 7) is 25.8. The molecule has 2 unspecified atom stereocenters. The number of ether oxygens (including phenoxy) is 2. The lowest BCUT2D eigenvalue weighted by atomic mass is 9.38. The van der Waals surface area contributed by atoms with Crippen molar-refractivity contribution in [2.45, 2.75) is 132 Å². The Hall–Kier alpha value is -2.69. The lowest BCUT2D eigenvalue weighted by Gasteiger charge is -2.67. The average Bonchev–Trinajstić information content (AvgIpc) is 3.57. The predicted molar refractivity (Wildman–Crippen MR) is 208 cm³/mol. The van der Waals surface area contributed by atoms with E-state index in [2.05, 4.69) is 92.2 Å². The first kappa shape index (κ1) is 40.0. The third kappa shape index (κ3) is 6.30. The molecular formula is C43H68N6O4. The van der Waals surface area contributed by atoms with Crippen LogP contribution in [-0.4, -0.2) is 67.8 Å². The van der Waals surface area contributed by atoms with E-state index in [0.717, 1.165) is 38.5 Å². The van der Waals surface area contributed by atoms with Crippen molar-refractivity contribution in [2.24, 2.45) is 68.3 Å². The van der Waals surface area contributed by atoms with Crippen molar-refractivity contribution in [3.8, 4) is 11.5 Å². The van der Waals surface area contributed by atoms with Crippen LogP contribution in [0.25, 0.3) is 11.5 Å². The van der Waals surface area contributed by atoms with Gasteiger partial charge in [-0.25, -0.2) is 19.6 Å². The van der Waals surface area contributed by atoms with Crippen LogP contribution in [0.4, 0.5) is 0 Å². The van der Waals surface area contributed by atoms with Gasteiger partial charge in [0, 0.05) is 24.3 Å². The van der Waals surface area contributed by atoms with Crippen LogP contribution < -0.4 is 5.73 Å². The number of aliphatic carboxylic acids is 1. The quantitative estimate of drug-likeness (QED) is 0.231. The molecule has 6 rings (SSSR count). The second-order valence-electron chi connectivity index (χ2n) is 20.2. The van der Waals surface area contributed by atoms with Crippen LogP contribution in [0.5, 0.6) is 0 Å². The molecule has 2 aromatic heterocycles. The van der Waals surface area contributed by atoms with E-state index in [0.29, 0.717) is 42.5 Å². The van der Waals surface area contributed by atoms with Gasteiger partial charge in [0.15, 0.2) is 5.82 Å². The predicted octanol–water partition coefficient (Wildman–Crippen LogP) is 8.26. The van der Waals surface area contributed by atoms with E-state index in [1.54, 1.807) is 26.0 Å². The molecular weight excluding hydrogens is 665 g/mol. The highest BCUT2D eigenvalue weighted by Gasteiger charge is 2.67. The maximum Gasteiger partial charge on any atom is 0.307 e. The molecule has 0 saturated heterocycles. The second kappa shape index (κ2) is 13.8. The third-order valence-electron chi connectivity index (χ3n) is 16.3. The van der Waals surface area contributed by atoms with Gasteiger partial charge in [-0.15, -0.1) is 0 Å². The number of aromatic nitrogens is 5. The minimum atomic E-state index is -0.622. The van der Waals surface area contributed by atoms with Gasteiger partial charge in [-0.3, -0.25) is 4.79 Å². The van der Waals surface area contributed by atoms with Crippen molar-refractivity contribution in [3.05, 3.63) is 36.6 Å². The molecule has 53 heavy (non-hydrogen) atoms. The summed E-state index contributed by atoms with van der Waals surface area (Å²) >= 11 is 0. The molecule has 10 nitrogen and oxygen atoms in total. The topological polar surface area (TPSA) is 138 Å². The van der Waals surface area contributed by atoms with Gasteiger partial charge in [0.2, 0.25) is 0 Å². The van der Waals surface area contributed by atoms with Crippen LogP contribution in [0.3, 0.4) is 0 Å². The summed E-state index contributed by atoms with van der Waals surface area (Å²) in [5, 5.41) is 15.9. The number of allylic oxidation sites excluding steroid dienone is 2. The largest absolute Gasteiger partial charge is 0.481 e. The van der Waals surface area contributed by atoms with Crippen molar-refractivity contribution in [2.75, 3.05) is 20.3 Å². The Balaban J connectivity index is 1.48. The highest BCUT2D eigenvalue weighted by molar-refractivity contribution is 5.72. The molecule has 0 bridgehead atoms. The fourth-order valence-corrected chi connectivity index (χ4v) is 12.1. The lowest BCUT2D eigenvalue weighted by molar-refractivity contribution is -0.200. The molecule has 12 atom stereocenters. The number of carboxylic acid groups (broad SMARTS) is 1. The first-order valence-corrected chi connectivity index (χ1v) is 20.2. The molecule has 294 valence electrons. The molecule has 3 fully saturated rings. The summed E-state index contributed by atoms with van der Waals surface area (Å²) in [7, 11) is 1.80. The molecule has 4 aliphatic rings. The first-order valence-electron chi connectivity index (χ1n) is 20.2. The minimum absolute atomic E-state index is 0.0917. The molecule has 0 aliphatic heterocycles. The SMILES string of the molecule is COCC1(C)[C@@H](OC[C@](C)(N)C(C)(C)C)[C@H](n2ncnc2-c2ccncn2)C[C@]2(C)C3=CCC4[C@H](C(=O)O)[C@@](C)([C@H](C)C(C)C)CC[C@]4(C)[C@H]3CC[C@@H]12. The summed E-state index contributed by atoms with van der Waals surface area (Å²) in [4.78, 5) is 26.9. The van der Waals surface area contributed by atoms with E-state index in [-0.39, 0.29) is 51.6 Å². The van der Waals surface area contributed by atoms with Crippen molar-refractivity contribution in [1.82, 2.24) is 24.7 Å².